The minimum absolute atomic E-state index is 0. The molecule has 0 unspecified atom stereocenters. The highest BCUT2D eigenvalue weighted by Crippen LogP contribution is 2.12. The minimum atomic E-state index is -0.302. The van der Waals surface area contributed by atoms with E-state index in [1.54, 1.807) is 7.05 Å². The molecule has 0 saturated heterocycles. The molecule has 78 valence electrons. The van der Waals surface area contributed by atoms with Gasteiger partial charge in [0.1, 0.15) is 0 Å². The van der Waals surface area contributed by atoms with Crippen molar-refractivity contribution in [2.24, 2.45) is 5.41 Å². The smallest absolute Gasteiger partial charge is 0.226 e. The van der Waals surface area contributed by atoms with Crippen LogP contribution in [0.4, 0.5) is 0 Å². The van der Waals surface area contributed by atoms with Crippen molar-refractivity contribution in [1.82, 2.24) is 10.6 Å². The van der Waals surface area contributed by atoms with E-state index in [1.165, 1.54) is 0 Å². The van der Waals surface area contributed by atoms with Gasteiger partial charge in [0.2, 0.25) is 5.91 Å². The average molecular weight is 178 g/mol. The number of carbonyl (C=O) groups excluding carboxylic acids is 1. The number of hydrogen-bond donors (Lipinski definition) is 2. The zero-order valence-corrected chi connectivity index (χ0v) is 9.12. The predicted octanol–water partition coefficient (Wildman–Crippen LogP) is 1.50. The number of amides is 1. The lowest BCUT2D eigenvalue weighted by Gasteiger charge is -2.21. The molecule has 0 aromatic heterocycles. The second-order valence-corrected chi connectivity index (χ2v) is 2.99. The van der Waals surface area contributed by atoms with E-state index >= 15 is 0 Å². The van der Waals surface area contributed by atoms with Crippen molar-refractivity contribution in [3.63, 3.8) is 0 Å². The molecule has 0 bridgehead atoms. The average Bonchev–Trinajstić information content (AvgIpc) is 2.06. The van der Waals surface area contributed by atoms with Crippen LogP contribution < -0.4 is 10.6 Å². The molecule has 12 heavy (non-hydrogen) atoms. The van der Waals surface area contributed by atoms with Crippen LogP contribution in [0.25, 0.3) is 0 Å². The molecule has 3 heteroatoms. The number of rotatable bonds is 3. The first-order chi connectivity index (χ1) is 5.54. The van der Waals surface area contributed by atoms with Gasteiger partial charge in [-0.3, -0.25) is 4.79 Å². The summed E-state index contributed by atoms with van der Waals surface area (Å²) in [5, 5.41) is 5.57. The molecule has 0 rings (SSSR count). The molecule has 0 saturated carbocycles. The normalized spacial score (nSPS) is 9.83. The van der Waals surface area contributed by atoms with Gasteiger partial charge in [-0.05, 0) is 20.9 Å². The molecule has 0 aromatic rings. The van der Waals surface area contributed by atoms with Crippen LogP contribution in [-0.4, -0.2) is 26.5 Å². The van der Waals surface area contributed by atoms with Crippen LogP contribution in [0.3, 0.4) is 0 Å². The van der Waals surface area contributed by atoms with Gasteiger partial charge in [-0.15, -0.1) is 0 Å². The van der Waals surface area contributed by atoms with E-state index in [-0.39, 0.29) is 14.2 Å². The van der Waals surface area contributed by atoms with E-state index in [2.05, 4.69) is 10.6 Å². The quantitative estimate of drug-likeness (QED) is 0.687. The molecule has 0 atom stereocenters. The molecule has 0 fully saturated rings. The topological polar surface area (TPSA) is 41.1 Å². The summed E-state index contributed by atoms with van der Waals surface area (Å²) >= 11 is 0. The molecule has 0 radical (unpaired) electrons. The highest BCUT2D eigenvalue weighted by molar-refractivity contribution is 5.81. The van der Waals surface area contributed by atoms with E-state index in [0.29, 0.717) is 6.54 Å². The molecule has 0 spiro atoms. The van der Waals surface area contributed by atoms with Gasteiger partial charge in [0.05, 0.1) is 5.41 Å². The molecule has 2 N–H and O–H groups in total. The van der Waals surface area contributed by atoms with E-state index in [1.807, 2.05) is 34.7 Å². The van der Waals surface area contributed by atoms with Crippen molar-refractivity contribution in [2.75, 3.05) is 20.6 Å². The Morgan fingerprint density at radius 2 is 1.75 bits per heavy atom. The Labute approximate surface area is 78.9 Å². The van der Waals surface area contributed by atoms with Crippen LogP contribution >= 0.6 is 0 Å². The van der Waals surface area contributed by atoms with Crippen LogP contribution in [0.1, 0.15) is 30.5 Å². The second-order valence-electron chi connectivity index (χ2n) is 2.99. The van der Waals surface area contributed by atoms with Gasteiger partial charge in [-0.2, -0.15) is 0 Å². The van der Waals surface area contributed by atoms with Crippen LogP contribution in [0, 0.1) is 5.41 Å². The lowest BCUT2D eigenvalue weighted by Crippen LogP contribution is -2.41. The summed E-state index contributed by atoms with van der Waals surface area (Å²) in [7, 11) is 3.49. The molecule has 0 aliphatic heterocycles. The maximum Gasteiger partial charge on any atom is 0.226 e. The van der Waals surface area contributed by atoms with E-state index in [4.69, 9.17) is 0 Å². The summed E-state index contributed by atoms with van der Waals surface area (Å²) in [6, 6.07) is 0. The first-order valence-electron chi connectivity index (χ1n) is 4.41. The molecule has 3 nitrogen and oxygen atoms in total. The number of hydrogen-bond acceptors (Lipinski definition) is 2. The Morgan fingerprint density at radius 1 is 1.33 bits per heavy atom. The molecule has 1 amide bonds. The Kier molecular flexibility index (Phi) is 8.27. The van der Waals surface area contributed by atoms with Crippen molar-refractivity contribution in [3.05, 3.63) is 0 Å². The Morgan fingerprint density at radius 3 is 2.00 bits per heavy atom. The van der Waals surface area contributed by atoms with Crippen LogP contribution in [-0.2, 0) is 4.79 Å². The highest BCUT2D eigenvalue weighted by atomic mass is 16.2. The van der Waals surface area contributed by atoms with Crippen LogP contribution in [0.2, 0.25) is 0 Å². The number of carbonyl (C=O) groups is 1. The molecular weight excluding hydrogens is 152 g/mol. The molecular formula is C9H26N2O. The van der Waals surface area contributed by atoms with Crippen molar-refractivity contribution in [3.8, 4) is 0 Å². The second kappa shape index (κ2) is 7.10. The summed E-state index contributed by atoms with van der Waals surface area (Å²) in [6.07, 6.45) is 0. The standard InChI is InChI=1S/C7H16N2O.C2H6.2H2/c1-7(2,5-8-3)6(10)9-4;1-2;;/h8H,5H2,1-4H3,(H,9,10);1-2H3;2*1H. The van der Waals surface area contributed by atoms with Crippen molar-refractivity contribution >= 4 is 5.91 Å². The van der Waals surface area contributed by atoms with E-state index in [9.17, 15) is 4.79 Å². The fraction of sp³-hybridized carbons (Fsp3) is 0.889. The van der Waals surface area contributed by atoms with Crippen LogP contribution in [0.15, 0.2) is 0 Å². The fourth-order valence-electron chi connectivity index (χ4n) is 0.861. The molecule has 0 aliphatic rings. The highest BCUT2D eigenvalue weighted by Gasteiger charge is 2.24. The minimum Gasteiger partial charge on any atom is -0.359 e. The lowest BCUT2D eigenvalue weighted by molar-refractivity contribution is -0.128. The van der Waals surface area contributed by atoms with Crippen molar-refractivity contribution in [1.29, 1.82) is 0 Å². The summed E-state index contributed by atoms with van der Waals surface area (Å²) < 4.78 is 0. The van der Waals surface area contributed by atoms with Crippen LogP contribution in [0.5, 0.6) is 0 Å². The van der Waals surface area contributed by atoms with Crippen molar-refractivity contribution in [2.45, 2.75) is 27.7 Å². The van der Waals surface area contributed by atoms with E-state index < -0.39 is 0 Å². The summed E-state index contributed by atoms with van der Waals surface area (Å²) in [5.41, 5.74) is -0.302. The first-order valence-corrected chi connectivity index (χ1v) is 4.41. The van der Waals surface area contributed by atoms with Gasteiger partial charge in [-0.25, -0.2) is 0 Å². The van der Waals surface area contributed by atoms with Crippen molar-refractivity contribution < 1.29 is 7.65 Å². The SMILES string of the molecule is CC.CNCC(C)(C)C(=O)NC.[HH].[HH]. The predicted molar refractivity (Wildman–Crippen MR) is 57.4 cm³/mol. The van der Waals surface area contributed by atoms with Gasteiger partial charge in [0.15, 0.2) is 0 Å². The zero-order chi connectivity index (χ0) is 10.2. The monoisotopic (exact) mass is 178 g/mol. The third kappa shape index (κ3) is 5.13. The Bertz CT molecular complexity index is 130. The molecule has 0 aromatic carbocycles. The summed E-state index contributed by atoms with van der Waals surface area (Å²) in [5.74, 6) is 0.0712. The lowest BCUT2D eigenvalue weighted by atomic mass is 9.92. The Hall–Kier alpha value is -0.570. The maximum atomic E-state index is 11.1. The van der Waals surface area contributed by atoms with Gasteiger partial charge >= 0.3 is 0 Å². The fourth-order valence-corrected chi connectivity index (χ4v) is 0.861. The van der Waals surface area contributed by atoms with Gasteiger partial charge in [0.25, 0.3) is 0 Å². The molecule has 0 aliphatic carbocycles. The third-order valence-electron chi connectivity index (χ3n) is 1.46. The summed E-state index contributed by atoms with van der Waals surface area (Å²) in [6.45, 7) is 8.51. The largest absolute Gasteiger partial charge is 0.359 e. The molecule has 0 heterocycles. The summed E-state index contributed by atoms with van der Waals surface area (Å²) in [4.78, 5) is 11.1. The van der Waals surface area contributed by atoms with Gasteiger partial charge < -0.3 is 10.6 Å². The van der Waals surface area contributed by atoms with Gasteiger partial charge in [0, 0.05) is 16.4 Å². The third-order valence-corrected chi connectivity index (χ3v) is 1.46. The van der Waals surface area contributed by atoms with E-state index in [0.717, 1.165) is 0 Å². The zero-order valence-electron chi connectivity index (χ0n) is 9.12. The maximum absolute atomic E-state index is 11.1. The first kappa shape index (κ1) is 14.0. The number of nitrogens with one attached hydrogen (secondary N) is 2. The van der Waals surface area contributed by atoms with Gasteiger partial charge in [-0.1, -0.05) is 13.8 Å². The Balaban J connectivity index is -0.000000117.